The quantitative estimate of drug-likeness (QED) is 0.389. The average Bonchev–Trinajstić information content (AvgIpc) is 2.65. The number of hydrogen-bond donors (Lipinski definition) is 4. The number of sulfonamides is 2. The Morgan fingerprint density at radius 1 is 0.767 bits per heavy atom. The molecule has 1 aromatic heterocycles. The lowest BCUT2D eigenvalue weighted by molar-refractivity contribution is 0.596. The number of nitrogens with zero attached hydrogens (tertiary/aromatic N) is 2. The third kappa shape index (κ3) is 5.31. The van der Waals surface area contributed by atoms with Crippen molar-refractivity contribution in [2.24, 2.45) is 10.3 Å². The Morgan fingerprint density at radius 2 is 1.20 bits per heavy atom. The second-order valence-corrected chi connectivity index (χ2v) is 10.1. The van der Waals surface area contributed by atoms with Crippen LogP contribution in [0.25, 0.3) is 0 Å². The molecule has 0 amide bonds. The summed E-state index contributed by atoms with van der Waals surface area (Å²) in [6.07, 6.45) is 0. The maximum absolute atomic E-state index is 11.4. The second kappa shape index (κ2) is 8.28. The molecule has 30 heavy (non-hydrogen) atoms. The molecule has 0 aliphatic rings. The van der Waals surface area contributed by atoms with Gasteiger partial charge in [-0.25, -0.2) is 32.1 Å². The van der Waals surface area contributed by atoms with Crippen molar-refractivity contribution < 1.29 is 16.8 Å². The molecule has 158 valence electrons. The minimum atomic E-state index is -3.78. The van der Waals surface area contributed by atoms with Crippen LogP contribution in [0.15, 0.2) is 62.8 Å². The predicted octanol–water partition coefficient (Wildman–Crippen LogP) is 2.33. The molecule has 3 aromatic rings. The van der Waals surface area contributed by atoms with Crippen LogP contribution in [0.3, 0.4) is 0 Å². The summed E-state index contributed by atoms with van der Waals surface area (Å²) in [6, 6.07) is 11.7. The number of nitrogens with two attached hydrogens (primary N) is 2. The van der Waals surface area contributed by atoms with Gasteiger partial charge in [0.05, 0.1) is 20.0 Å². The molecular formula is C17H17BrN6O4S2. The Bertz CT molecular complexity index is 1300. The molecule has 6 N–H and O–H groups in total. The van der Waals surface area contributed by atoms with Gasteiger partial charge < -0.3 is 10.6 Å². The molecule has 0 saturated carbocycles. The summed E-state index contributed by atoms with van der Waals surface area (Å²) < 4.78 is 46.1. The maximum atomic E-state index is 11.4. The van der Waals surface area contributed by atoms with E-state index in [0.717, 1.165) is 0 Å². The Balaban J connectivity index is 1.85. The van der Waals surface area contributed by atoms with Gasteiger partial charge in [-0.15, -0.1) is 0 Å². The number of hydrogen-bond acceptors (Lipinski definition) is 8. The first-order valence-electron chi connectivity index (χ1n) is 8.27. The zero-order valence-electron chi connectivity index (χ0n) is 15.5. The molecular weight excluding hydrogens is 496 g/mol. The van der Waals surface area contributed by atoms with Crippen LogP contribution in [0.4, 0.5) is 23.1 Å². The van der Waals surface area contributed by atoms with Crippen LogP contribution in [0.2, 0.25) is 0 Å². The molecule has 0 radical (unpaired) electrons. The summed E-state index contributed by atoms with van der Waals surface area (Å²) >= 11 is 3.42. The summed E-state index contributed by atoms with van der Waals surface area (Å²) in [7, 11) is -7.56. The lowest BCUT2D eigenvalue weighted by atomic mass is 10.3. The molecule has 0 aliphatic heterocycles. The van der Waals surface area contributed by atoms with E-state index < -0.39 is 20.0 Å². The summed E-state index contributed by atoms with van der Waals surface area (Å²) in [5, 5.41) is 16.3. The number of benzene rings is 2. The van der Waals surface area contributed by atoms with Crippen molar-refractivity contribution in [2.75, 3.05) is 10.6 Å². The Morgan fingerprint density at radius 3 is 1.63 bits per heavy atom. The molecule has 0 bridgehead atoms. The van der Waals surface area contributed by atoms with E-state index >= 15 is 0 Å². The number of primary sulfonamides is 2. The summed E-state index contributed by atoms with van der Waals surface area (Å²) in [5.74, 6) is 0.706. The van der Waals surface area contributed by atoms with E-state index in [1.807, 2.05) is 0 Å². The van der Waals surface area contributed by atoms with Gasteiger partial charge in [0.1, 0.15) is 0 Å². The van der Waals surface area contributed by atoms with E-state index in [2.05, 4.69) is 36.5 Å². The largest absolute Gasteiger partial charge is 0.339 e. The highest BCUT2D eigenvalue weighted by Gasteiger charge is 2.12. The molecule has 0 spiro atoms. The van der Waals surface area contributed by atoms with Crippen LogP contribution >= 0.6 is 15.9 Å². The van der Waals surface area contributed by atoms with Crippen molar-refractivity contribution in [2.45, 2.75) is 16.7 Å². The van der Waals surface area contributed by atoms with Crippen LogP contribution in [0, 0.1) is 6.92 Å². The molecule has 0 atom stereocenters. The number of halogens is 1. The Kier molecular flexibility index (Phi) is 6.10. The van der Waals surface area contributed by atoms with Gasteiger partial charge in [-0.2, -0.15) is 4.98 Å². The minimum Gasteiger partial charge on any atom is -0.339 e. The number of anilines is 4. The molecule has 2 aromatic carbocycles. The zero-order chi connectivity index (χ0) is 22.1. The summed E-state index contributed by atoms with van der Waals surface area (Å²) in [6.45, 7) is 1.77. The van der Waals surface area contributed by atoms with Crippen molar-refractivity contribution in [3.05, 3.63) is 58.7 Å². The van der Waals surface area contributed by atoms with Gasteiger partial charge in [0.25, 0.3) is 0 Å². The van der Waals surface area contributed by atoms with Gasteiger partial charge in [-0.05, 0) is 71.4 Å². The van der Waals surface area contributed by atoms with Crippen molar-refractivity contribution in [1.29, 1.82) is 0 Å². The van der Waals surface area contributed by atoms with Crippen molar-refractivity contribution in [3.8, 4) is 0 Å². The van der Waals surface area contributed by atoms with Crippen LogP contribution in [-0.2, 0) is 20.0 Å². The van der Waals surface area contributed by atoms with E-state index in [1.54, 1.807) is 31.2 Å². The van der Waals surface area contributed by atoms with Gasteiger partial charge in [-0.1, -0.05) is 0 Å². The molecule has 0 saturated heterocycles. The van der Waals surface area contributed by atoms with Gasteiger partial charge in [0, 0.05) is 11.4 Å². The highest BCUT2D eigenvalue weighted by atomic mass is 79.9. The lowest BCUT2D eigenvalue weighted by Crippen LogP contribution is -2.12. The highest BCUT2D eigenvalue weighted by molar-refractivity contribution is 9.10. The molecule has 10 nitrogen and oxygen atoms in total. The van der Waals surface area contributed by atoms with Gasteiger partial charge >= 0.3 is 0 Å². The Hall–Kier alpha value is -2.58. The second-order valence-electron chi connectivity index (χ2n) is 6.18. The first kappa shape index (κ1) is 22.1. The SMILES string of the molecule is Cc1nc(Nc2ccc(S(N)(=O)=O)cc2)nc(Nc2ccc(S(N)(=O)=O)cc2)c1Br. The standard InChI is InChI=1S/C17H17BrN6O4S2/c1-10-15(18)16(22-11-2-6-13(7-3-11)29(19,25)26)24-17(21-10)23-12-4-8-14(9-5-12)30(20,27)28/h2-9H,1H3,(H2,19,25,26)(H2,20,27,28)(H2,21,22,23,24). The van der Waals surface area contributed by atoms with Crippen molar-refractivity contribution in [1.82, 2.24) is 9.97 Å². The molecule has 0 unspecified atom stereocenters. The number of nitrogens with one attached hydrogen (secondary N) is 2. The number of aromatic nitrogens is 2. The van der Waals surface area contributed by atoms with Crippen LogP contribution in [-0.4, -0.2) is 26.8 Å². The van der Waals surface area contributed by atoms with Crippen LogP contribution in [0.1, 0.15) is 5.69 Å². The lowest BCUT2D eigenvalue weighted by Gasteiger charge is -2.13. The zero-order valence-corrected chi connectivity index (χ0v) is 18.7. The third-order valence-corrected chi connectivity index (χ3v) is 6.71. The van der Waals surface area contributed by atoms with Crippen LogP contribution < -0.4 is 20.9 Å². The molecule has 13 heteroatoms. The van der Waals surface area contributed by atoms with E-state index in [9.17, 15) is 16.8 Å². The topological polar surface area (TPSA) is 170 Å². The fourth-order valence-corrected chi connectivity index (χ4v) is 3.73. The average molecular weight is 513 g/mol. The highest BCUT2D eigenvalue weighted by Crippen LogP contribution is 2.29. The smallest absolute Gasteiger partial charge is 0.238 e. The maximum Gasteiger partial charge on any atom is 0.238 e. The fraction of sp³-hybridized carbons (Fsp3) is 0.0588. The van der Waals surface area contributed by atoms with Crippen molar-refractivity contribution >= 4 is 59.1 Å². The molecule has 0 aliphatic carbocycles. The predicted molar refractivity (Wildman–Crippen MR) is 117 cm³/mol. The molecule has 0 fully saturated rings. The van der Waals surface area contributed by atoms with E-state index in [-0.39, 0.29) is 15.7 Å². The van der Waals surface area contributed by atoms with E-state index in [1.165, 1.54) is 24.3 Å². The van der Waals surface area contributed by atoms with E-state index in [4.69, 9.17) is 10.3 Å². The summed E-state index contributed by atoms with van der Waals surface area (Å²) in [4.78, 5) is 8.73. The minimum absolute atomic E-state index is 0.00344. The van der Waals surface area contributed by atoms with Crippen molar-refractivity contribution in [3.63, 3.8) is 0 Å². The van der Waals surface area contributed by atoms with E-state index in [0.29, 0.717) is 27.4 Å². The monoisotopic (exact) mass is 512 g/mol. The van der Waals surface area contributed by atoms with Gasteiger partial charge in [-0.3, -0.25) is 0 Å². The first-order valence-corrected chi connectivity index (χ1v) is 12.2. The van der Waals surface area contributed by atoms with Crippen LogP contribution in [0.5, 0.6) is 0 Å². The third-order valence-electron chi connectivity index (χ3n) is 3.90. The fourth-order valence-electron chi connectivity index (χ4n) is 2.42. The summed E-state index contributed by atoms with van der Waals surface area (Å²) in [5.41, 5.74) is 1.79. The normalized spacial score (nSPS) is 11.9. The number of aryl methyl sites for hydroxylation is 1. The number of rotatable bonds is 6. The Labute approximate surface area is 182 Å². The molecule has 3 rings (SSSR count). The van der Waals surface area contributed by atoms with Gasteiger partial charge in [0.15, 0.2) is 5.82 Å². The molecule has 1 heterocycles. The van der Waals surface area contributed by atoms with Gasteiger partial charge in [0.2, 0.25) is 26.0 Å². The first-order chi connectivity index (χ1) is 13.9.